The van der Waals surface area contributed by atoms with Crippen molar-refractivity contribution in [3.63, 3.8) is 0 Å². The van der Waals surface area contributed by atoms with E-state index in [-0.39, 0.29) is 5.82 Å². The molecule has 2 fully saturated rings. The molecule has 2 heterocycles. The molecule has 0 spiro atoms. The highest BCUT2D eigenvalue weighted by Crippen LogP contribution is 2.28. The maximum atomic E-state index is 13.3. The molecule has 20 heavy (non-hydrogen) atoms. The summed E-state index contributed by atoms with van der Waals surface area (Å²) in [5, 5.41) is 0.693. The minimum atomic E-state index is -0.160. The molecule has 0 N–H and O–H groups in total. The Kier molecular flexibility index (Phi) is 4.58. The Hall–Kier alpha value is -0.650. The van der Waals surface area contributed by atoms with Crippen LogP contribution in [-0.2, 0) is 10.1 Å². The van der Waals surface area contributed by atoms with Gasteiger partial charge in [0.25, 0.3) is 0 Å². The average molecular weight is 343 g/mol. The number of halogens is 2. The third-order valence-electron chi connectivity index (χ3n) is 4.25. The summed E-state index contributed by atoms with van der Waals surface area (Å²) in [6.45, 7) is 5.85. The second-order valence-electron chi connectivity index (χ2n) is 5.44. The Morgan fingerprint density at radius 2 is 2.05 bits per heavy atom. The van der Waals surface area contributed by atoms with E-state index in [9.17, 15) is 4.39 Å². The number of morpholine rings is 1. The van der Waals surface area contributed by atoms with Crippen molar-refractivity contribution >= 4 is 21.6 Å². The van der Waals surface area contributed by atoms with Crippen LogP contribution in [0.4, 0.5) is 10.1 Å². The van der Waals surface area contributed by atoms with Crippen LogP contribution in [0.3, 0.4) is 0 Å². The van der Waals surface area contributed by atoms with Crippen molar-refractivity contribution in [3.05, 3.63) is 29.6 Å². The van der Waals surface area contributed by atoms with Crippen molar-refractivity contribution in [2.75, 3.05) is 44.3 Å². The van der Waals surface area contributed by atoms with Gasteiger partial charge >= 0.3 is 0 Å². The predicted molar refractivity (Wildman–Crippen MR) is 82.0 cm³/mol. The highest BCUT2D eigenvalue weighted by atomic mass is 79.9. The fourth-order valence-electron chi connectivity index (χ4n) is 3.17. The van der Waals surface area contributed by atoms with Crippen LogP contribution < -0.4 is 4.90 Å². The summed E-state index contributed by atoms with van der Waals surface area (Å²) >= 11 is 3.46. The lowest BCUT2D eigenvalue weighted by atomic mass is 10.2. The Balaban J connectivity index is 1.70. The number of anilines is 1. The van der Waals surface area contributed by atoms with E-state index >= 15 is 0 Å². The third-order valence-corrected chi connectivity index (χ3v) is 4.86. The molecule has 2 aliphatic rings. The van der Waals surface area contributed by atoms with Crippen molar-refractivity contribution in [1.29, 1.82) is 0 Å². The Labute approximate surface area is 127 Å². The molecule has 5 heteroatoms. The van der Waals surface area contributed by atoms with Gasteiger partial charge in [0.05, 0.1) is 13.2 Å². The first kappa shape index (κ1) is 14.3. The second kappa shape index (κ2) is 6.41. The number of hydrogen-bond donors (Lipinski definition) is 0. The number of benzene rings is 1. The first-order valence-corrected chi connectivity index (χ1v) is 8.31. The highest BCUT2D eigenvalue weighted by Gasteiger charge is 2.29. The monoisotopic (exact) mass is 342 g/mol. The summed E-state index contributed by atoms with van der Waals surface area (Å²) in [6.07, 6.45) is 1.18. The molecule has 0 bridgehead atoms. The first-order valence-electron chi connectivity index (χ1n) is 7.19. The van der Waals surface area contributed by atoms with Crippen molar-refractivity contribution in [3.8, 4) is 0 Å². The molecule has 0 radical (unpaired) electrons. The van der Waals surface area contributed by atoms with E-state index in [1.54, 1.807) is 12.1 Å². The Morgan fingerprint density at radius 1 is 1.25 bits per heavy atom. The molecule has 0 aliphatic carbocycles. The lowest BCUT2D eigenvalue weighted by Gasteiger charge is -2.32. The normalized spacial score (nSPS) is 24.3. The van der Waals surface area contributed by atoms with Gasteiger partial charge in [-0.05, 0) is 30.2 Å². The Bertz CT molecular complexity index is 465. The van der Waals surface area contributed by atoms with E-state index in [0.29, 0.717) is 11.4 Å². The molecule has 3 rings (SSSR count). The maximum absolute atomic E-state index is 13.3. The number of hydrogen-bond acceptors (Lipinski definition) is 3. The molecule has 0 saturated carbocycles. The van der Waals surface area contributed by atoms with Gasteiger partial charge in [-0.15, -0.1) is 0 Å². The summed E-state index contributed by atoms with van der Waals surface area (Å²) in [7, 11) is 0. The predicted octanol–water partition coefficient (Wildman–Crippen LogP) is 2.63. The topological polar surface area (TPSA) is 15.7 Å². The van der Waals surface area contributed by atoms with E-state index in [2.05, 4.69) is 25.7 Å². The van der Waals surface area contributed by atoms with Gasteiger partial charge in [0.15, 0.2) is 0 Å². The third kappa shape index (κ3) is 3.00. The van der Waals surface area contributed by atoms with Crippen molar-refractivity contribution in [1.82, 2.24) is 4.90 Å². The molecular formula is C15H20BrFN2O. The van der Waals surface area contributed by atoms with Crippen LogP contribution in [0.2, 0.25) is 0 Å². The standard InChI is InChI=1S/C15H20BrFN2O/c16-10-12-9-13(17)1-2-15(12)19-4-3-14(11-19)18-5-7-20-8-6-18/h1-2,9,14H,3-8,10-11H2. The first-order chi connectivity index (χ1) is 9.78. The van der Waals surface area contributed by atoms with E-state index < -0.39 is 0 Å². The van der Waals surface area contributed by atoms with Crippen molar-refractivity contribution in [2.24, 2.45) is 0 Å². The molecule has 1 aromatic rings. The quantitative estimate of drug-likeness (QED) is 0.785. The van der Waals surface area contributed by atoms with Gasteiger partial charge in [0.1, 0.15) is 5.82 Å². The minimum absolute atomic E-state index is 0.160. The summed E-state index contributed by atoms with van der Waals surface area (Å²) < 4.78 is 18.7. The van der Waals surface area contributed by atoms with Gasteiger partial charge in [-0.25, -0.2) is 4.39 Å². The van der Waals surface area contributed by atoms with Gasteiger partial charge in [0, 0.05) is 43.2 Å². The largest absolute Gasteiger partial charge is 0.379 e. The lowest BCUT2D eigenvalue weighted by molar-refractivity contribution is 0.0209. The van der Waals surface area contributed by atoms with Crippen LogP contribution >= 0.6 is 15.9 Å². The molecular weight excluding hydrogens is 323 g/mol. The van der Waals surface area contributed by atoms with Crippen LogP contribution in [0, 0.1) is 5.82 Å². The summed E-state index contributed by atoms with van der Waals surface area (Å²) in [5.74, 6) is -0.160. The van der Waals surface area contributed by atoms with E-state index in [1.807, 2.05) is 6.07 Å². The zero-order chi connectivity index (χ0) is 13.9. The second-order valence-corrected chi connectivity index (χ2v) is 6.00. The fraction of sp³-hybridized carbons (Fsp3) is 0.600. The van der Waals surface area contributed by atoms with Crippen LogP contribution in [-0.4, -0.2) is 50.3 Å². The molecule has 1 atom stereocenters. The van der Waals surface area contributed by atoms with Gasteiger partial charge < -0.3 is 9.64 Å². The van der Waals surface area contributed by atoms with Gasteiger partial charge in [-0.1, -0.05) is 15.9 Å². The molecule has 1 aromatic carbocycles. The van der Waals surface area contributed by atoms with Gasteiger partial charge in [-0.3, -0.25) is 4.90 Å². The zero-order valence-electron chi connectivity index (χ0n) is 11.5. The lowest BCUT2D eigenvalue weighted by Crippen LogP contribution is -2.44. The molecule has 2 saturated heterocycles. The molecule has 2 aliphatic heterocycles. The average Bonchev–Trinajstić information content (AvgIpc) is 2.97. The van der Waals surface area contributed by atoms with Crippen LogP contribution in [0.25, 0.3) is 0 Å². The van der Waals surface area contributed by atoms with Crippen LogP contribution in [0.1, 0.15) is 12.0 Å². The van der Waals surface area contributed by atoms with Gasteiger partial charge in [-0.2, -0.15) is 0 Å². The van der Waals surface area contributed by atoms with E-state index in [1.165, 1.54) is 12.1 Å². The number of nitrogens with zero attached hydrogens (tertiary/aromatic N) is 2. The van der Waals surface area contributed by atoms with Crippen LogP contribution in [0.5, 0.6) is 0 Å². The Morgan fingerprint density at radius 3 is 2.80 bits per heavy atom. The summed E-state index contributed by atoms with van der Waals surface area (Å²) in [4.78, 5) is 4.91. The highest BCUT2D eigenvalue weighted by molar-refractivity contribution is 9.08. The van der Waals surface area contributed by atoms with E-state index in [4.69, 9.17) is 4.74 Å². The zero-order valence-corrected chi connectivity index (χ0v) is 13.1. The van der Waals surface area contributed by atoms with Crippen molar-refractivity contribution in [2.45, 2.75) is 17.8 Å². The van der Waals surface area contributed by atoms with Crippen LogP contribution in [0.15, 0.2) is 18.2 Å². The molecule has 1 unspecified atom stereocenters. The SMILES string of the molecule is Fc1ccc(N2CCC(N3CCOCC3)C2)c(CBr)c1. The molecule has 0 aromatic heterocycles. The summed E-state index contributed by atoms with van der Waals surface area (Å²) in [6, 6.07) is 5.70. The van der Waals surface area contributed by atoms with Gasteiger partial charge in [0.2, 0.25) is 0 Å². The summed E-state index contributed by atoms with van der Waals surface area (Å²) in [5.41, 5.74) is 2.20. The number of ether oxygens (including phenoxy) is 1. The number of rotatable bonds is 3. The maximum Gasteiger partial charge on any atom is 0.123 e. The molecule has 110 valence electrons. The fourth-order valence-corrected chi connectivity index (χ4v) is 3.62. The molecule has 3 nitrogen and oxygen atoms in total. The van der Waals surface area contributed by atoms with Crippen molar-refractivity contribution < 1.29 is 9.13 Å². The molecule has 0 amide bonds. The van der Waals surface area contributed by atoms with E-state index in [0.717, 1.165) is 45.0 Å². The minimum Gasteiger partial charge on any atom is -0.379 e. The number of alkyl halides is 1. The smallest absolute Gasteiger partial charge is 0.123 e.